The molecule has 0 aliphatic carbocycles. The number of carboxylic acid groups (broad SMARTS) is 1. The van der Waals surface area contributed by atoms with E-state index in [-0.39, 0.29) is 17.4 Å². The highest BCUT2D eigenvalue weighted by molar-refractivity contribution is 7.91. The Hall–Kier alpha value is -0.580. The van der Waals surface area contributed by atoms with Gasteiger partial charge in [0.2, 0.25) is 0 Å². The lowest BCUT2D eigenvalue weighted by molar-refractivity contribution is -0.151. The fourth-order valence-corrected chi connectivity index (χ4v) is 2.32. The number of hydrogen-bond donors (Lipinski definition) is 1. The molecule has 16 heavy (non-hydrogen) atoms. The van der Waals surface area contributed by atoms with Crippen LogP contribution in [0.5, 0.6) is 0 Å². The van der Waals surface area contributed by atoms with Gasteiger partial charge in [-0.2, -0.15) is 0 Å². The molecule has 0 saturated heterocycles. The molecule has 0 saturated carbocycles. The molecule has 1 atom stereocenters. The summed E-state index contributed by atoms with van der Waals surface area (Å²) in [6.45, 7) is 6.98. The maximum absolute atomic E-state index is 11.3. The highest BCUT2D eigenvalue weighted by atomic mass is 32.2. The minimum Gasteiger partial charge on any atom is -0.481 e. The minimum atomic E-state index is -2.99. The summed E-state index contributed by atoms with van der Waals surface area (Å²) in [7, 11) is -2.99. The minimum absolute atomic E-state index is 0.00525. The van der Waals surface area contributed by atoms with Crippen molar-refractivity contribution in [2.75, 3.05) is 11.5 Å². The number of aliphatic carboxylic acids is 1. The average molecular weight is 250 g/mol. The third kappa shape index (κ3) is 4.12. The van der Waals surface area contributed by atoms with Crippen LogP contribution in [-0.2, 0) is 14.6 Å². The highest BCUT2D eigenvalue weighted by Gasteiger charge is 2.36. The fourth-order valence-electron chi connectivity index (χ4n) is 1.45. The van der Waals surface area contributed by atoms with E-state index in [1.807, 2.05) is 13.8 Å². The molecule has 0 spiro atoms. The van der Waals surface area contributed by atoms with Crippen molar-refractivity contribution >= 4 is 15.8 Å². The van der Waals surface area contributed by atoms with Gasteiger partial charge in [0.15, 0.2) is 0 Å². The van der Waals surface area contributed by atoms with Gasteiger partial charge in [-0.25, -0.2) is 8.42 Å². The maximum atomic E-state index is 11.3. The lowest BCUT2D eigenvalue weighted by Crippen LogP contribution is -2.33. The van der Waals surface area contributed by atoms with E-state index in [0.29, 0.717) is 12.8 Å². The standard InChI is InChI=1S/C11H22O4S/c1-5-16(14,15)8-6-7-11(4,9(2)3)10(12)13/h9H,5-8H2,1-4H3,(H,12,13). The van der Waals surface area contributed by atoms with Gasteiger partial charge in [0.25, 0.3) is 0 Å². The van der Waals surface area contributed by atoms with Crippen LogP contribution >= 0.6 is 0 Å². The number of carboxylic acids is 1. The molecular weight excluding hydrogens is 228 g/mol. The second-order valence-corrected chi connectivity index (χ2v) is 7.19. The van der Waals surface area contributed by atoms with Crippen LogP contribution < -0.4 is 0 Å². The Kier molecular flexibility index (Phi) is 5.46. The summed E-state index contributed by atoms with van der Waals surface area (Å²) in [5.41, 5.74) is -0.830. The molecule has 0 radical (unpaired) electrons. The van der Waals surface area contributed by atoms with E-state index < -0.39 is 21.2 Å². The summed E-state index contributed by atoms with van der Waals surface area (Å²) in [6.07, 6.45) is 0.816. The van der Waals surface area contributed by atoms with Gasteiger partial charge in [-0.05, 0) is 25.7 Å². The molecule has 0 aromatic rings. The monoisotopic (exact) mass is 250 g/mol. The van der Waals surface area contributed by atoms with E-state index in [9.17, 15) is 13.2 Å². The lowest BCUT2D eigenvalue weighted by Gasteiger charge is -2.28. The predicted molar refractivity (Wildman–Crippen MR) is 64.1 cm³/mol. The Morgan fingerprint density at radius 1 is 1.38 bits per heavy atom. The molecule has 0 aliphatic heterocycles. The van der Waals surface area contributed by atoms with Crippen molar-refractivity contribution in [3.05, 3.63) is 0 Å². The van der Waals surface area contributed by atoms with Gasteiger partial charge >= 0.3 is 5.97 Å². The van der Waals surface area contributed by atoms with Crippen LogP contribution in [-0.4, -0.2) is 31.0 Å². The smallest absolute Gasteiger partial charge is 0.309 e. The molecule has 4 nitrogen and oxygen atoms in total. The maximum Gasteiger partial charge on any atom is 0.309 e. The largest absolute Gasteiger partial charge is 0.481 e. The molecule has 5 heteroatoms. The first kappa shape index (κ1) is 15.4. The van der Waals surface area contributed by atoms with Gasteiger partial charge in [-0.3, -0.25) is 4.79 Å². The zero-order valence-electron chi connectivity index (χ0n) is 10.5. The van der Waals surface area contributed by atoms with Crippen LogP contribution in [0.4, 0.5) is 0 Å². The summed E-state index contributed by atoms with van der Waals surface area (Å²) in [5, 5.41) is 9.14. The molecule has 1 unspecified atom stereocenters. The number of hydrogen-bond acceptors (Lipinski definition) is 3. The molecule has 0 amide bonds. The van der Waals surface area contributed by atoms with E-state index >= 15 is 0 Å². The molecule has 0 aliphatic rings. The first-order valence-electron chi connectivity index (χ1n) is 5.59. The van der Waals surface area contributed by atoms with Crippen molar-refractivity contribution in [3.63, 3.8) is 0 Å². The van der Waals surface area contributed by atoms with Crippen molar-refractivity contribution in [1.82, 2.24) is 0 Å². The van der Waals surface area contributed by atoms with Gasteiger partial charge in [0, 0.05) is 5.75 Å². The van der Waals surface area contributed by atoms with E-state index in [1.54, 1.807) is 13.8 Å². The van der Waals surface area contributed by atoms with E-state index in [0.717, 1.165) is 0 Å². The predicted octanol–water partition coefficient (Wildman–Crippen LogP) is 1.95. The Balaban J connectivity index is 4.43. The topological polar surface area (TPSA) is 71.4 Å². The van der Waals surface area contributed by atoms with Gasteiger partial charge in [0.1, 0.15) is 9.84 Å². The second kappa shape index (κ2) is 5.66. The van der Waals surface area contributed by atoms with Crippen molar-refractivity contribution in [2.24, 2.45) is 11.3 Å². The summed E-state index contributed by atoms with van der Waals surface area (Å²) in [4.78, 5) is 11.1. The van der Waals surface area contributed by atoms with Gasteiger partial charge < -0.3 is 5.11 Å². The normalized spacial score (nSPS) is 16.1. The molecule has 0 aromatic carbocycles. The quantitative estimate of drug-likeness (QED) is 0.749. The Labute approximate surface area is 98.0 Å². The summed E-state index contributed by atoms with van der Waals surface area (Å²) in [6, 6.07) is 0. The fraction of sp³-hybridized carbons (Fsp3) is 0.909. The zero-order chi connectivity index (χ0) is 13.0. The summed E-state index contributed by atoms with van der Waals surface area (Å²) >= 11 is 0. The number of sulfone groups is 1. The van der Waals surface area contributed by atoms with Crippen molar-refractivity contribution < 1.29 is 18.3 Å². The third-order valence-corrected chi connectivity index (χ3v) is 5.14. The van der Waals surface area contributed by atoms with Gasteiger partial charge in [0.05, 0.1) is 11.2 Å². The Morgan fingerprint density at radius 2 is 1.88 bits per heavy atom. The Bertz CT molecular complexity index is 332. The van der Waals surface area contributed by atoms with Crippen LogP contribution in [0.15, 0.2) is 0 Å². The van der Waals surface area contributed by atoms with Crippen molar-refractivity contribution in [2.45, 2.75) is 40.5 Å². The molecule has 96 valence electrons. The van der Waals surface area contributed by atoms with Crippen LogP contribution in [0.1, 0.15) is 40.5 Å². The Morgan fingerprint density at radius 3 is 2.19 bits per heavy atom. The lowest BCUT2D eigenvalue weighted by atomic mass is 9.76. The van der Waals surface area contributed by atoms with E-state index in [1.165, 1.54) is 0 Å². The van der Waals surface area contributed by atoms with E-state index in [4.69, 9.17) is 5.11 Å². The summed E-state index contributed by atoms with van der Waals surface area (Å²) < 4.78 is 22.6. The van der Waals surface area contributed by atoms with E-state index in [2.05, 4.69) is 0 Å². The second-order valence-electron chi connectivity index (χ2n) is 4.72. The van der Waals surface area contributed by atoms with Crippen molar-refractivity contribution in [3.8, 4) is 0 Å². The van der Waals surface area contributed by atoms with Gasteiger partial charge in [-0.15, -0.1) is 0 Å². The van der Waals surface area contributed by atoms with Crippen LogP contribution in [0.25, 0.3) is 0 Å². The molecule has 0 heterocycles. The third-order valence-electron chi connectivity index (χ3n) is 3.35. The van der Waals surface area contributed by atoms with Gasteiger partial charge in [-0.1, -0.05) is 20.8 Å². The van der Waals surface area contributed by atoms with Crippen LogP contribution in [0.2, 0.25) is 0 Å². The molecular formula is C11H22O4S. The molecule has 0 fully saturated rings. The first-order chi connectivity index (χ1) is 7.15. The molecule has 0 aromatic heterocycles. The SMILES string of the molecule is CCS(=O)(=O)CCCC(C)(C(=O)O)C(C)C. The van der Waals surface area contributed by atoms with Crippen LogP contribution in [0.3, 0.4) is 0 Å². The molecule has 1 N–H and O–H groups in total. The molecule has 0 bridgehead atoms. The van der Waals surface area contributed by atoms with Crippen molar-refractivity contribution in [1.29, 1.82) is 0 Å². The zero-order valence-corrected chi connectivity index (χ0v) is 11.3. The molecule has 0 rings (SSSR count). The number of rotatable bonds is 7. The number of carbonyl (C=O) groups is 1. The average Bonchev–Trinajstić information content (AvgIpc) is 2.16. The summed E-state index contributed by atoms with van der Waals surface area (Å²) in [5.74, 6) is -0.650. The highest BCUT2D eigenvalue weighted by Crippen LogP contribution is 2.32. The first-order valence-corrected chi connectivity index (χ1v) is 7.41. The van der Waals surface area contributed by atoms with Crippen LogP contribution in [0, 0.1) is 11.3 Å².